The standard InChI is InChI=1S/C14H12F7N5S/c1-8-7-11(26-13(22-8)24-12(25-26)14(2,15)16)23-9-3-5-10(6-4-9)27(17,18,19,20)21/h3-7H,1-2H3,(H,22,23,24,25)/p+1. The number of fused-ring (bicyclic) bond motifs is 1. The fraction of sp³-hybridized carbons (Fsp3) is 0.214. The molecule has 2 heterocycles. The van der Waals surface area contributed by atoms with Gasteiger partial charge in [-0.3, -0.25) is 5.32 Å². The van der Waals surface area contributed by atoms with Gasteiger partial charge in [0.2, 0.25) is 5.82 Å². The number of benzene rings is 1. The molecule has 0 bridgehead atoms. The van der Waals surface area contributed by atoms with Crippen molar-refractivity contribution in [2.75, 3.05) is 5.32 Å². The van der Waals surface area contributed by atoms with Gasteiger partial charge in [0.25, 0.3) is 5.82 Å². The Balaban J connectivity index is 2.01. The second-order valence-corrected chi connectivity index (χ2v) is 8.41. The Labute approximate surface area is 148 Å². The second kappa shape index (κ2) is 5.03. The zero-order chi connectivity index (χ0) is 20.3. The van der Waals surface area contributed by atoms with E-state index in [-0.39, 0.29) is 29.4 Å². The zero-order valence-corrected chi connectivity index (χ0v) is 14.6. The molecule has 2 aromatic heterocycles. The molecule has 0 radical (unpaired) electrons. The molecule has 0 spiro atoms. The summed E-state index contributed by atoms with van der Waals surface area (Å²) in [6.07, 6.45) is 0. The summed E-state index contributed by atoms with van der Waals surface area (Å²) >= 11 is 0. The fourth-order valence-corrected chi connectivity index (χ4v) is 2.91. The summed E-state index contributed by atoms with van der Waals surface area (Å²) in [6.45, 7) is 2.19. The van der Waals surface area contributed by atoms with Crippen molar-refractivity contribution < 1.29 is 32.7 Å². The first-order valence-electron chi connectivity index (χ1n) is 7.32. The van der Waals surface area contributed by atoms with Crippen LogP contribution in [-0.2, 0) is 5.92 Å². The third-order valence-corrected chi connectivity index (χ3v) is 4.64. The predicted octanol–water partition coefficient (Wildman–Crippen LogP) is 5.36. The molecule has 0 atom stereocenters. The fourth-order valence-electron chi connectivity index (χ4n) is 2.26. The summed E-state index contributed by atoms with van der Waals surface area (Å²) in [6, 6.07) is 3.53. The number of H-pyrrole nitrogens is 1. The molecule has 0 fully saturated rings. The lowest BCUT2D eigenvalue weighted by molar-refractivity contribution is -0.566. The molecule has 1 aromatic carbocycles. The minimum Gasteiger partial charge on any atom is -0.288 e. The van der Waals surface area contributed by atoms with Crippen molar-refractivity contribution >= 4 is 27.5 Å². The van der Waals surface area contributed by atoms with Crippen molar-refractivity contribution in [2.24, 2.45) is 0 Å². The third-order valence-electron chi connectivity index (χ3n) is 3.48. The Morgan fingerprint density at radius 1 is 1.04 bits per heavy atom. The zero-order valence-electron chi connectivity index (χ0n) is 13.8. The molecule has 2 N–H and O–H groups in total. The monoisotopic (exact) mass is 416 g/mol. The lowest BCUT2D eigenvalue weighted by Gasteiger charge is -2.40. The minimum atomic E-state index is -9.77. The van der Waals surface area contributed by atoms with Crippen LogP contribution in [0.5, 0.6) is 0 Å². The highest BCUT2D eigenvalue weighted by molar-refractivity contribution is 8.45. The van der Waals surface area contributed by atoms with Crippen molar-refractivity contribution in [2.45, 2.75) is 24.7 Å². The van der Waals surface area contributed by atoms with Crippen molar-refractivity contribution in [3.05, 3.63) is 41.9 Å². The van der Waals surface area contributed by atoms with Gasteiger partial charge in [-0.15, -0.1) is 9.50 Å². The molecule has 0 aliphatic heterocycles. The Morgan fingerprint density at radius 2 is 1.63 bits per heavy atom. The summed E-state index contributed by atoms with van der Waals surface area (Å²) in [4.78, 5) is 5.63. The van der Waals surface area contributed by atoms with E-state index >= 15 is 0 Å². The van der Waals surface area contributed by atoms with Crippen molar-refractivity contribution in [3.8, 4) is 0 Å². The van der Waals surface area contributed by atoms with Gasteiger partial charge in [-0.2, -0.15) is 8.78 Å². The average molecular weight is 416 g/mol. The molecular weight excluding hydrogens is 403 g/mol. The number of nitrogens with zero attached hydrogens (tertiary/aromatic N) is 3. The SMILES string of the molecule is Cc1cc(Nc2ccc(S(F)(F)(F)(F)F)cc2)[n+]2[nH]c(C(C)(F)F)nc2n1. The maximum atomic E-state index is 13.5. The summed E-state index contributed by atoms with van der Waals surface area (Å²) in [5.41, 5.74) is 0.415. The second-order valence-electron chi connectivity index (χ2n) is 6.00. The number of aromatic amines is 1. The lowest BCUT2D eigenvalue weighted by atomic mass is 10.3. The van der Waals surface area contributed by atoms with Crippen LogP contribution in [0.15, 0.2) is 35.2 Å². The summed E-state index contributed by atoms with van der Waals surface area (Å²) in [5.74, 6) is -3.92. The number of halogens is 7. The van der Waals surface area contributed by atoms with E-state index in [1.165, 1.54) is 6.07 Å². The van der Waals surface area contributed by atoms with Gasteiger partial charge in [0, 0.05) is 13.0 Å². The molecule has 148 valence electrons. The van der Waals surface area contributed by atoms with Gasteiger partial charge in [0.15, 0.2) is 0 Å². The van der Waals surface area contributed by atoms with E-state index in [2.05, 4.69) is 20.4 Å². The molecule has 0 saturated carbocycles. The van der Waals surface area contributed by atoms with Gasteiger partial charge < -0.3 is 0 Å². The van der Waals surface area contributed by atoms with Crippen LogP contribution in [0.25, 0.3) is 5.78 Å². The summed E-state index contributed by atoms with van der Waals surface area (Å²) in [7, 11) is -9.77. The highest BCUT2D eigenvalue weighted by Gasteiger charge is 2.65. The van der Waals surface area contributed by atoms with E-state index in [0.29, 0.717) is 12.6 Å². The molecule has 3 aromatic rings. The molecular formula is C14H13F7N5S+. The van der Waals surface area contributed by atoms with Crippen molar-refractivity contribution in [3.63, 3.8) is 0 Å². The molecule has 5 nitrogen and oxygen atoms in total. The van der Waals surface area contributed by atoms with Gasteiger partial charge >= 0.3 is 21.9 Å². The Bertz CT molecular complexity index is 1020. The highest BCUT2D eigenvalue weighted by Crippen LogP contribution is 3.02. The van der Waals surface area contributed by atoms with Crippen LogP contribution < -0.4 is 9.83 Å². The average Bonchev–Trinajstić information content (AvgIpc) is 2.89. The first kappa shape index (κ1) is 19.2. The Kier molecular flexibility index (Phi) is 3.57. The molecule has 27 heavy (non-hydrogen) atoms. The topological polar surface area (TPSA) is 57.7 Å². The van der Waals surface area contributed by atoms with Crippen molar-refractivity contribution in [1.82, 2.24) is 15.1 Å². The Morgan fingerprint density at radius 3 is 2.15 bits per heavy atom. The normalized spacial score (nSPS) is 15.4. The van der Waals surface area contributed by atoms with Gasteiger partial charge in [-0.25, -0.2) is 5.10 Å². The first-order valence-corrected chi connectivity index (χ1v) is 9.27. The largest absolute Gasteiger partial charge is 0.409 e. The summed E-state index contributed by atoms with van der Waals surface area (Å²) in [5, 5.41) is 5.00. The van der Waals surface area contributed by atoms with Gasteiger partial charge in [0.05, 0.1) is 5.69 Å². The van der Waals surface area contributed by atoms with E-state index in [9.17, 15) is 28.2 Å². The third kappa shape index (κ3) is 4.07. The molecule has 0 unspecified atom stereocenters. The van der Waals surface area contributed by atoms with Gasteiger partial charge in [-0.1, -0.05) is 24.4 Å². The number of hydrogen-bond acceptors (Lipinski definition) is 3. The molecule has 13 heteroatoms. The van der Waals surface area contributed by atoms with Crippen LogP contribution >= 0.6 is 10.2 Å². The molecule has 0 amide bonds. The van der Waals surface area contributed by atoms with E-state index in [0.717, 1.165) is 16.6 Å². The maximum Gasteiger partial charge on any atom is 0.409 e. The minimum absolute atomic E-state index is 0.0272. The van der Waals surface area contributed by atoms with Crippen LogP contribution in [0.3, 0.4) is 0 Å². The Hall–Kier alpha value is -2.57. The van der Waals surface area contributed by atoms with E-state index in [1.807, 2.05) is 0 Å². The summed E-state index contributed by atoms with van der Waals surface area (Å²) < 4.78 is 91.8. The quantitative estimate of drug-likeness (QED) is 0.445. The van der Waals surface area contributed by atoms with Crippen LogP contribution in [0.2, 0.25) is 0 Å². The molecule has 0 aliphatic carbocycles. The van der Waals surface area contributed by atoms with Gasteiger partial charge in [-0.05, 0) is 31.2 Å². The molecule has 0 aliphatic rings. The van der Waals surface area contributed by atoms with Crippen LogP contribution in [0, 0.1) is 6.92 Å². The smallest absolute Gasteiger partial charge is 0.288 e. The first-order chi connectivity index (χ1) is 12.0. The lowest BCUT2D eigenvalue weighted by Crippen LogP contribution is -2.29. The number of anilines is 2. The number of aryl methyl sites for hydroxylation is 1. The molecule has 0 saturated heterocycles. The number of nitrogens with one attached hydrogen (secondary N) is 2. The van der Waals surface area contributed by atoms with Crippen LogP contribution in [0.4, 0.5) is 39.7 Å². The van der Waals surface area contributed by atoms with E-state index < -0.39 is 26.9 Å². The van der Waals surface area contributed by atoms with Crippen LogP contribution in [0.1, 0.15) is 18.4 Å². The molecule has 3 rings (SSSR count). The van der Waals surface area contributed by atoms with Crippen molar-refractivity contribution in [1.29, 1.82) is 0 Å². The maximum absolute atomic E-state index is 13.5. The van der Waals surface area contributed by atoms with E-state index in [1.54, 1.807) is 6.92 Å². The predicted molar refractivity (Wildman–Crippen MR) is 85.0 cm³/mol. The van der Waals surface area contributed by atoms with Gasteiger partial charge in [0.1, 0.15) is 10.6 Å². The highest BCUT2D eigenvalue weighted by atomic mass is 32.5. The number of alkyl halides is 2. The number of aromatic nitrogens is 4. The van der Waals surface area contributed by atoms with E-state index in [4.69, 9.17) is 0 Å². The number of rotatable bonds is 4. The van der Waals surface area contributed by atoms with Crippen LogP contribution in [-0.4, -0.2) is 15.1 Å². The number of hydrogen-bond donors (Lipinski definition) is 2.